The molecule has 0 N–H and O–H groups in total. The maximum Gasteiger partial charge on any atom is 0.222 e. The number of nitrogens with zero attached hydrogens (tertiary/aromatic N) is 4. The van der Waals surface area contributed by atoms with Crippen molar-refractivity contribution in [1.82, 2.24) is 14.9 Å². The second-order valence-electron chi connectivity index (χ2n) is 8.58. The second-order valence-corrected chi connectivity index (χ2v) is 9.66. The highest BCUT2D eigenvalue weighted by atomic mass is 32.1. The number of carbonyl (C=O) groups excluding carboxylic acids is 1. The van der Waals surface area contributed by atoms with Crippen LogP contribution in [0.25, 0.3) is 10.2 Å². The molecule has 1 atom stereocenters. The first-order chi connectivity index (χ1) is 14.1. The van der Waals surface area contributed by atoms with E-state index in [1.807, 2.05) is 16.2 Å². The zero-order valence-corrected chi connectivity index (χ0v) is 19.0. The number of thiophene rings is 1. The SMILES string of the molecule is CCCCC(=O)N1CCN(c2nc(C(C)CC)nc3sc4c(c23)CCCC4)CC1. The number of hydrogen-bond donors (Lipinski definition) is 0. The molecule has 2 aromatic heterocycles. The summed E-state index contributed by atoms with van der Waals surface area (Å²) in [4.78, 5) is 29.7. The number of aryl methyl sites for hydroxylation is 2. The first kappa shape index (κ1) is 20.6. The average Bonchev–Trinajstić information content (AvgIpc) is 3.15. The summed E-state index contributed by atoms with van der Waals surface area (Å²) < 4.78 is 0. The predicted octanol–water partition coefficient (Wildman–Crippen LogP) is 4.92. The fourth-order valence-electron chi connectivity index (χ4n) is 4.44. The molecule has 2 aliphatic rings. The van der Waals surface area contributed by atoms with Gasteiger partial charge in [0.25, 0.3) is 0 Å². The standard InChI is InChI=1S/C23H34N4OS/c1-4-6-11-19(28)26-12-14-27(15-13-26)22-20-17-9-7-8-10-18(17)29-23(20)25-21(24-22)16(3)5-2/h16H,4-15H2,1-3H3. The van der Waals surface area contributed by atoms with Crippen LogP contribution < -0.4 is 4.90 Å². The highest BCUT2D eigenvalue weighted by Gasteiger charge is 2.27. The van der Waals surface area contributed by atoms with Crippen LogP contribution in [0, 0.1) is 0 Å². The molecule has 0 bridgehead atoms. The summed E-state index contributed by atoms with van der Waals surface area (Å²) in [7, 11) is 0. The van der Waals surface area contributed by atoms with Gasteiger partial charge in [0.15, 0.2) is 0 Å². The van der Waals surface area contributed by atoms with Crippen LogP contribution in [0.2, 0.25) is 0 Å². The summed E-state index contributed by atoms with van der Waals surface area (Å²) >= 11 is 1.89. The summed E-state index contributed by atoms with van der Waals surface area (Å²) in [6.07, 6.45) is 8.71. The van der Waals surface area contributed by atoms with Crippen molar-refractivity contribution in [2.24, 2.45) is 0 Å². The Balaban J connectivity index is 1.64. The fraction of sp³-hybridized carbons (Fsp3) is 0.696. The molecule has 1 unspecified atom stereocenters. The van der Waals surface area contributed by atoms with E-state index in [4.69, 9.17) is 9.97 Å². The van der Waals surface area contributed by atoms with Crippen molar-refractivity contribution in [3.63, 3.8) is 0 Å². The third-order valence-corrected chi connectivity index (χ3v) is 7.73. The van der Waals surface area contributed by atoms with Crippen LogP contribution in [-0.4, -0.2) is 47.0 Å². The minimum Gasteiger partial charge on any atom is -0.352 e. The summed E-state index contributed by atoms with van der Waals surface area (Å²) in [5, 5.41) is 1.31. The van der Waals surface area contributed by atoms with Crippen LogP contribution in [0.1, 0.15) is 81.5 Å². The maximum absolute atomic E-state index is 12.4. The number of hydrogen-bond acceptors (Lipinski definition) is 5. The molecule has 1 saturated heterocycles. The number of amides is 1. The number of piperazine rings is 1. The molecule has 29 heavy (non-hydrogen) atoms. The Kier molecular flexibility index (Phi) is 6.38. The Hall–Kier alpha value is -1.69. The molecule has 3 heterocycles. The van der Waals surface area contributed by atoms with Crippen molar-refractivity contribution in [3.05, 3.63) is 16.3 Å². The third kappa shape index (κ3) is 4.14. The van der Waals surface area contributed by atoms with E-state index in [0.29, 0.717) is 18.2 Å². The van der Waals surface area contributed by atoms with Gasteiger partial charge in [0.1, 0.15) is 16.5 Å². The zero-order valence-electron chi connectivity index (χ0n) is 18.2. The first-order valence-corrected chi connectivity index (χ1v) is 12.3. The highest BCUT2D eigenvalue weighted by Crippen LogP contribution is 2.40. The normalized spacial score (nSPS) is 18.2. The van der Waals surface area contributed by atoms with E-state index in [0.717, 1.165) is 63.5 Å². The molecule has 0 aromatic carbocycles. The van der Waals surface area contributed by atoms with Crippen LogP contribution in [-0.2, 0) is 17.6 Å². The van der Waals surface area contributed by atoms with E-state index >= 15 is 0 Å². The topological polar surface area (TPSA) is 49.3 Å². The molecular weight excluding hydrogens is 380 g/mol. The van der Waals surface area contributed by atoms with Crippen molar-refractivity contribution in [2.75, 3.05) is 31.1 Å². The van der Waals surface area contributed by atoms with E-state index in [2.05, 4.69) is 25.7 Å². The molecule has 1 fully saturated rings. The molecule has 1 amide bonds. The van der Waals surface area contributed by atoms with Gasteiger partial charge < -0.3 is 9.80 Å². The lowest BCUT2D eigenvalue weighted by atomic mass is 9.96. The number of unbranched alkanes of at least 4 members (excludes halogenated alkanes) is 1. The number of carbonyl (C=O) groups is 1. The van der Waals surface area contributed by atoms with E-state index in [1.165, 1.54) is 39.9 Å². The number of anilines is 1. The smallest absolute Gasteiger partial charge is 0.222 e. The fourth-order valence-corrected chi connectivity index (χ4v) is 5.70. The monoisotopic (exact) mass is 414 g/mol. The lowest BCUT2D eigenvalue weighted by Gasteiger charge is -2.36. The van der Waals surface area contributed by atoms with E-state index < -0.39 is 0 Å². The van der Waals surface area contributed by atoms with Crippen LogP contribution in [0.3, 0.4) is 0 Å². The van der Waals surface area contributed by atoms with Gasteiger partial charge in [-0.2, -0.15) is 0 Å². The molecule has 1 aliphatic heterocycles. The van der Waals surface area contributed by atoms with E-state index in [9.17, 15) is 4.79 Å². The lowest BCUT2D eigenvalue weighted by Crippen LogP contribution is -2.49. The van der Waals surface area contributed by atoms with Gasteiger partial charge in [0, 0.05) is 43.4 Å². The van der Waals surface area contributed by atoms with Crippen molar-refractivity contribution >= 4 is 33.3 Å². The number of rotatable bonds is 6. The molecule has 4 rings (SSSR count). The summed E-state index contributed by atoms with van der Waals surface area (Å²) in [6, 6.07) is 0. The molecule has 0 saturated carbocycles. The van der Waals surface area contributed by atoms with Crippen LogP contribution >= 0.6 is 11.3 Å². The maximum atomic E-state index is 12.4. The van der Waals surface area contributed by atoms with Crippen molar-refractivity contribution in [3.8, 4) is 0 Å². The Labute approximate surface area is 178 Å². The van der Waals surface area contributed by atoms with Gasteiger partial charge in [-0.05, 0) is 44.1 Å². The Bertz CT molecular complexity index is 869. The van der Waals surface area contributed by atoms with Gasteiger partial charge in [0.05, 0.1) is 5.39 Å². The summed E-state index contributed by atoms with van der Waals surface area (Å²) in [6.45, 7) is 9.92. The molecule has 1 aliphatic carbocycles. The molecule has 0 radical (unpaired) electrons. The molecule has 0 spiro atoms. The molecule has 5 nitrogen and oxygen atoms in total. The van der Waals surface area contributed by atoms with Gasteiger partial charge in [-0.15, -0.1) is 11.3 Å². The number of fused-ring (bicyclic) bond motifs is 3. The second kappa shape index (κ2) is 8.99. The van der Waals surface area contributed by atoms with Crippen LogP contribution in [0.4, 0.5) is 5.82 Å². The Morgan fingerprint density at radius 2 is 1.86 bits per heavy atom. The Morgan fingerprint density at radius 3 is 2.59 bits per heavy atom. The molecule has 2 aromatic rings. The summed E-state index contributed by atoms with van der Waals surface area (Å²) in [5.74, 6) is 2.79. The quantitative estimate of drug-likeness (QED) is 0.673. The van der Waals surface area contributed by atoms with Gasteiger partial charge in [-0.25, -0.2) is 9.97 Å². The largest absolute Gasteiger partial charge is 0.352 e. The van der Waals surface area contributed by atoms with Gasteiger partial charge in [-0.1, -0.05) is 27.2 Å². The summed E-state index contributed by atoms with van der Waals surface area (Å²) in [5.41, 5.74) is 1.50. The van der Waals surface area contributed by atoms with Crippen molar-refractivity contribution in [1.29, 1.82) is 0 Å². The minimum absolute atomic E-state index is 0.313. The molecule has 6 heteroatoms. The van der Waals surface area contributed by atoms with Gasteiger partial charge in [-0.3, -0.25) is 4.79 Å². The third-order valence-electron chi connectivity index (χ3n) is 6.54. The van der Waals surface area contributed by atoms with Crippen LogP contribution in [0.5, 0.6) is 0 Å². The molecular formula is C23H34N4OS. The average molecular weight is 415 g/mol. The van der Waals surface area contributed by atoms with E-state index in [-0.39, 0.29) is 0 Å². The van der Waals surface area contributed by atoms with Crippen LogP contribution in [0.15, 0.2) is 0 Å². The zero-order chi connectivity index (χ0) is 20.4. The lowest BCUT2D eigenvalue weighted by molar-refractivity contribution is -0.131. The Morgan fingerprint density at radius 1 is 1.10 bits per heavy atom. The van der Waals surface area contributed by atoms with Gasteiger partial charge >= 0.3 is 0 Å². The van der Waals surface area contributed by atoms with Crippen molar-refractivity contribution < 1.29 is 4.79 Å². The molecule has 158 valence electrons. The highest BCUT2D eigenvalue weighted by molar-refractivity contribution is 7.19. The first-order valence-electron chi connectivity index (χ1n) is 11.5. The minimum atomic E-state index is 0.313. The van der Waals surface area contributed by atoms with Crippen molar-refractivity contribution in [2.45, 2.75) is 78.1 Å². The van der Waals surface area contributed by atoms with E-state index in [1.54, 1.807) is 0 Å². The predicted molar refractivity (Wildman–Crippen MR) is 121 cm³/mol. The van der Waals surface area contributed by atoms with Gasteiger partial charge in [0.2, 0.25) is 5.91 Å². The number of aromatic nitrogens is 2.